The fourth-order valence-corrected chi connectivity index (χ4v) is 8.91. The molecule has 0 bridgehead atoms. The monoisotopic (exact) mass is 1080 g/mol. The predicted octanol–water partition coefficient (Wildman–Crippen LogP) is 1.15. The van der Waals surface area contributed by atoms with Gasteiger partial charge in [-0.05, 0) is 155 Å². The first-order valence-electron chi connectivity index (χ1n) is 24.4. The van der Waals surface area contributed by atoms with Crippen molar-refractivity contribution in [1.29, 1.82) is 0 Å². The van der Waals surface area contributed by atoms with Gasteiger partial charge in [0.15, 0.2) is 0 Å². The fraction of sp³-hybridized carbons (Fsp3) is 0.250. The summed E-state index contributed by atoms with van der Waals surface area (Å²) in [5.74, 6) is -1.81. The molecule has 0 saturated heterocycles. The minimum Gasteiger partial charge on any atom is -0.870 e. The first-order valence-corrected chi connectivity index (χ1v) is 24.4. The summed E-state index contributed by atoms with van der Waals surface area (Å²) in [6.07, 6.45) is 0. The van der Waals surface area contributed by atoms with Crippen LogP contribution in [0.15, 0.2) is 121 Å². The molecule has 6 aromatic carbocycles. The quantitative estimate of drug-likeness (QED) is 0.0926. The van der Waals surface area contributed by atoms with Crippen molar-refractivity contribution in [2.75, 3.05) is 20.3 Å². The van der Waals surface area contributed by atoms with Crippen LogP contribution in [-0.2, 0) is 0 Å². The number of benzene rings is 6. The molecule has 8 amide bonds. The number of amides is 8. The van der Waals surface area contributed by atoms with Crippen molar-refractivity contribution in [1.82, 2.24) is 20.9 Å². The zero-order chi connectivity index (χ0) is 55.1. The maximum absolute atomic E-state index is 13.4. The van der Waals surface area contributed by atoms with E-state index in [1.807, 2.05) is 86.6 Å². The summed E-state index contributed by atoms with van der Waals surface area (Å²) in [4.78, 5) is 81.2. The van der Waals surface area contributed by atoms with Gasteiger partial charge in [-0.3, -0.25) is 34.8 Å². The van der Waals surface area contributed by atoms with E-state index in [1.165, 1.54) is 39.1 Å². The molecule has 6 aromatic rings. The molecular weight excluding hydrogens is 1010 g/mol. The number of carbonyl (C=O) groups excluding carboxylic acids is 6. The number of aryl methyl sites for hydroxylation is 6. The summed E-state index contributed by atoms with van der Waals surface area (Å²) < 4.78 is 0. The number of carbonyl (C=O) groups is 6. The maximum atomic E-state index is 13.4. The molecule has 0 radical (unpaired) electrons. The van der Waals surface area contributed by atoms with Gasteiger partial charge >= 0.3 is 78.9 Å². The van der Waals surface area contributed by atoms with E-state index in [1.54, 1.807) is 93.6 Å². The number of hydrogen-bond acceptors (Lipinski definition) is 10. The Morgan fingerprint density at radius 3 is 1.32 bits per heavy atom. The Morgan fingerprint density at radius 1 is 0.513 bits per heavy atom. The van der Waals surface area contributed by atoms with Gasteiger partial charge in [0.05, 0.1) is 11.1 Å². The van der Waals surface area contributed by atoms with Crippen molar-refractivity contribution in [2.24, 2.45) is 0 Å². The number of hydrazine groups is 2. The van der Waals surface area contributed by atoms with Gasteiger partial charge in [0.25, 0.3) is 29.7 Å². The second-order valence-corrected chi connectivity index (χ2v) is 21.2. The van der Waals surface area contributed by atoms with Gasteiger partial charge < -0.3 is 40.8 Å². The van der Waals surface area contributed by atoms with E-state index in [-0.39, 0.29) is 98.7 Å². The molecular formula is C56H64B2N8Na2O10. The minimum absolute atomic E-state index is 0. The van der Waals surface area contributed by atoms with Crippen LogP contribution in [0.2, 0.25) is 0 Å². The Hall–Kier alpha value is -6.29. The average molecular weight is 1080 g/mol. The minimum atomic E-state index is -3.45. The third kappa shape index (κ3) is 14.3. The van der Waals surface area contributed by atoms with Crippen LogP contribution in [0.4, 0.5) is 32.3 Å². The molecule has 8 rings (SSSR count). The van der Waals surface area contributed by atoms with Crippen LogP contribution in [0.25, 0.3) is 0 Å². The van der Waals surface area contributed by atoms with Gasteiger partial charge in [-0.1, -0.05) is 88.0 Å². The number of nitrogens with one attached hydrogen (secondary N) is 4. The Morgan fingerprint density at radius 2 is 0.897 bits per heavy atom. The van der Waals surface area contributed by atoms with Crippen LogP contribution >= 0.6 is 0 Å². The van der Waals surface area contributed by atoms with Gasteiger partial charge in [-0.15, -0.1) is 5.46 Å². The fourth-order valence-electron chi connectivity index (χ4n) is 8.91. The van der Waals surface area contributed by atoms with Gasteiger partial charge in [0.1, 0.15) is 0 Å². The van der Waals surface area contributed by atoms with E-state index in [0.29, 0.717) is 33.7 Å². The number of hydrogen-bond donors (Lipinski definition) is 7. The van der Waals surface area contributed by atoms with Gasteiger partial charge in [-0.2, -0.15) is 0 Å². The topological polar surface area (TPSA) is 254 Å². The molecule has 0 fully saturated rings. The number of fused-ring (bicyclic) bond motifs is 2. The predicted molar refractivity (Wildman–Crippen MR) is 296 cm³/mol. The second kappa shape index (κ2) is 25.2. The molecule has 22 heteroatoms. The first kappa shape index (κ1) is 64.2. The molecule has 396 valence electrons. The number of urea groups is 2. The first-order chi connectivity index (χ1) is 35.0. The van der Waals surface area contributed by atoms with E-state index in [2.05, 4.69) is 21.5 Å². The van der Waals surface area contributed by atoms with Crippen molar-refractivity contribution in [3.05, 3.63) is 177 Å². The Labute approximate surface area is 499 Å². The Kier molecular flexibility index (Phi) is 20.8. The summed E-state index contributed by atoms with van der Waals surface area (Å²) in [6, 6.07) is 32.6. The summed E-state index contributed by atoms with van der Waals surface area (Å²) in [6.45, 7) is 18.9. The van der Waals surface area contributed by atoms with Crippen LogP contribution in [0.3, 0.4) is 0 Å². The van der Waals surface area contributed by atoms with Gasteiger partial charge in [-0.25, -0.2) is 14.8 Å². The van der Waals surface area contributed by atoms with E-state index in [0.717, 1.165) is 38.2 Å². The third-order valence-electron chi connectivity index (χ3n) is 12.6. The molecule has 0 saturated carbocycles. The van der Waals surface area contributed by atoms with Crippen molar-refractivity contribution in [3.8, 4) is 0 Å². The summed E-state index contributed by atoms with van der Waals surface area (Å²) in [5, 5.41) is 41.0. The second-order valence-electron chi connectivity index (χ2n) is 21.2. The molecule has 0 unspecified atom stereocenters. The number of nitrogens with zero attached hydrogens (tertiary/aromatic N) is 4. The SMILES string of the molecule is Cc1ccc(N2B(O)c3ccc(C(=O)NN(C(=O)c4cc(C)cc(C)c4)C(C)(C)C)cc3NC2=O)cc1.Cc1ccc(N2C(=O)Nc3cc(C(=O)NN(C(=O)c4cc(C)cc(C)c4)C(C)(C)C)ccc3[B-]2(O)O)cc1.[Na+].[Na+].[OH-]. The van der Waals surface area contributed by atoms with Crippen LogP contribution in [0.5, 0.6) is 0 Å². The molecule has 78 heavy (non-hydrogen) atoms. The smallest absolute Gasteiger partial charge is 0.870 e. The molecule has 0 atom stereocenters. The Balaban J connectivity index is 0.000000324. The van der Waals surface area contributed by atoms with Crippen LogP contribution in [-0.4, -0.2) is 91.1 Å². The molecule has 2 aliphatic heterocycles. The Bertz CT molecular complexity index is 3220. The number of rotatable bonds is 6. The third-order valence-corrected chi connectivity index (χ3v) is 12.6. The van der Waals surface area contributed by atoms with E-state index >= 15 is 0 Å². The standard InChI is InChI=1S/C28H32BN4O5.C28H31BN4O4.2Na.H2O/c1-17-7-10-22(11-8-17)32-27(36)30-24-16-20(9-12-23(24)29(32,37)38)25(34)31-33(28(4,5)6)26(35)21-14-18(2)13-19(3)15-21;1-17-7-10-22(11-8-17)32-27(36)30-24-16-20(9-12-23(24)29(32)37)25(34)31-33(28(4,5)6)26(35)21-14-18(2)13-19(3)15-21;;;/h7-16,37-38H,1-6H3,(H,30,36)(H,31,34);7-16,37H,1-6H3,(H,30,36)(H,31,34);;;1H2/q-1;;2*+1;/p-1. The molecule has 0 spiro atoms. The van der Waals surface area contributed by atoms with Crippen LogP contribution in [0, 0.1) is 41.5 Å². The molecule has 0 aromatic heterocycles. The van der Waals surface area contributed by atoms with E-state index < -0.39 is 48.7 Å². The largest absolute Gasteiger partial charge is 1.00 e. The van der Waals surface area contributed by atoms with E-state index in [4.69, 9.17) is 0 Å². The molecule has 18 nitrogen and oxygen atoms in total. The molecule has 8 N–H and O–H groups in total. The molecule has 0 aliphatic carbocycles. The van der Waals surface area contributed by atoms with Crippen LogP contribution < -0.4 is 101 Å². The normalized spacial score (nSPS) is 13.2. The van der Waals surface area contributed by atoms with Crippen molar-refractivity contribution in [2.45, 2.75) is 94.2 Å². The maximum Gasteiger partial charge on any atom is 1.00 e. The zero-order valence-electron chi connectivity index (χ0n) is 46.7. The summed E-state index contributed by atoms with van der Waals surface area (Å²) in [5.41, 5.74) is 12.8. The van der Waals surface area contributed by atoms with E-state index in [9.17, 15) is 43.8 Å². The summed E-state index contributed by atoms with van der Waals surface area (Å²) >= 11 is 0. The molecule has 2 heterocycles. The number of anilines is 4. The van der Waals surface area contributed by atoms with Crippen molar-refractivity contribution >= 4 is 83.1 Å². The van der Waals surface area contributed by atoms with Gasteiger partial charge in [0, 0.05) is 45.0 Å². The summed E-state index contributed by atoms with van der Waals surface area (Å²) in [7, 11) is -1.22. The van der Waals surface area contributed by atoms with Crippen LogP contribution in [0.1, 0.15) is 116 Å². The average Bonchev–Trinajstić information content (AvgIpc) is 3.31. The molecule has 2 aliphatic rings. The zero-order valence-corrected chi connectivity index (χ0v) is 50.7. The van der Waals surface area contributed by atoms with Crippen molar-refractivity contribution < 1.29 is 108 Å². The van der Waals surface area contributed by atoms with Crippen molar-refractivity contribution in [3.63, 3.8) is 0 Å². The van der Waals surface area contributed by atoms with Gasteiger partial charge in [0.2, 0.25) is 0 Å².